The zero-order valence-electron chi connectivity index (χ0n) is 9.94. The first-order chi connectivity index (χ1) is 8.70. The van der Waals surface area contributed by atoms with Crippen LogP contribution in [0, 0.1) is 18.3 Å². The molecule has 0 amide bonds. The summed E-state index contributed by atoms with van der Waals surface area (Å²) in [6, 6.07) is 9.34. The van der Waals surface area contributed by atoms with E-state index in [0.29, 0.717) is 17.1 Å². The van der Waals surface area contributed by atoms with Gasteiger partial charge in [-0.25, -0.2) is 0 Å². The van der Waals surface area contributed by atoms with Crippen LogP contribution in [-0.2, 0) is 6.54 Å². The molecule has 0 atom stereocenters. The van der Waals surface area contributed by atoms with Gasteiger partial charge in [-0.2, -0.15) is 5.26 Å². The third-order valence-corrected chi connectivity index (χ3v) is 3.02. The SMILES string of the molecule is Cc1cnccc1CNc1ccc(C#N)c(Cl)c1. The topological polar surface area (TPSA) is 48.7 Å². The Morgan fingerprint density at radius 1 is 1.39 bits per heavy atom. The molecule has 4 heteroatoms. The molecule has 90 valence electrons. The predicted octanol–water partition coefficient (Wildman–Crippen LogP) is 3.53. The number of hydrogen-bond acceptors (Lipinski definition) is 3. The lowest BCUT2D eigenvalue weighted by Crippen LogP contribution is -2.01. The van der Waals surface area contributed by atoms with Gasteiger partial charge in [-0.1, -0.05) is 11.6 Å². The van der Waals surface area contributed by atoms with Gasteiger partial charge >= 0.3 is 0 Å². The summed E-state index contributed by atoms with van der Waals surface area (Å²) in [5, 5.41) is 12.5. The first-order valence-electron chi connectivity index (χ1n) is 5.53. The fourth-order valence-corrected chi connectivity index (χ4v) is 1.84. The molecule has 0 aliphatic heterocycles. The van der Waals surface area contributed by atoms with Gasteiger partial charge in [-0.05, 0) is 42.3 Å². The Labute approximate surface area is 111 Å². The lowest BCUT2D eigenvalue weighted by atomic mass is 10.1. The molecule has 0 aliphatic rings. The fourth-order valence-electron chi connectivity index (χ4n) is 1.61. The Morgan fingerprint density at radius 3 is 2.89 bits per heavy atom. The van der Waals surface area contributed by atoms with Crippen molar-refractivity contribution < 1.29 is 0 Å². The summed E-state index contributed by atoms with van der Waals surface area (Å²) in [5.74, 6) is 0. The minimum atomic E-state index is 0.467. The van der Waals surface area contributed by atoms with Gasteiger partial charge in [-0.3, -0.25) is 4.98 Å². The van der Waals surface area contributed by atoms with Gasteiger partial charge in [0.05, 0.1) is 10.6 Å². The van der Waals surface area contributed by atoms with Gasteiger partial charge in [0.1, 0.15) is 6.07 Å². The highest BCUT2D eigenvalue weighted by molar-refractivity contribution is 6.32. The van der Waals surface area contributed by atoms with E-state index in [1.807, 2.05) is 31.3 Å². The molecule has 0 spiro atoms. The smallest absolute Gasteiger partial charge is 0.101 e. The average molecular weight is 258 g/mol. The molecule has 1 aromatic heterocycles. The number of pyridine rings is 1. The number of nitriles is 1. The maximum absolute atomic E-state index is 8.79. The molecule has 0 bridgehead atoms. The van der Waals surface area contributed by atoms with Crippen molar-refractivity contribution in [2.75, 3.05) is 5.32 Å². The van der Waals surface area contributed by atoms with Crippen LogP contribution in [0.5, 0.6) is 0 Å². The number of aryl methyl sites for hydroxylation is 1. The van der Waals surface area contributed by atoms with Crippen molar-refractivity contribution in [3.63, 3.8) is 0 Å². The molecule has 0 saturated heterocycles. The Hall–Kier alpha value is -2.05. The van der Waals surface area contributed by atoms with E-state index in [2.05, 4.69) is 10.3 Å². The molecule has 18 heavy (non-hydrogen) atoms. The average Bonchev–Trinajstić information content (AvgIpc) is 2.38. The predicted molar refractivity (Wildman–Crippen MR) is 72.5 cm³/mol. The minimum absolute atomic E-state index is 0.467. The summed E-state index contributed by atoms with van der Waals surface area (Å²) in [5.41, 5.74) is 3.72. The molecule has 2 aromatic rings. The van der Waals surface area contributed by atoms with Crippen LogP contribution in [0.25, 0.3) is 0 Å². The van der Waals surface area contributed by atoms with E-state index < -0.39 is 0 Å². The zero-order chi connectivity index (χ0) is 13.0. The quantitative estimate of drug-likeness (QED) is 0.915. The van der Waals surface area contributed by atoms with Crippen LogP contribution >= 0.6 is 11.6 Å². The summed E-state index contributed by atoms with van der Waals surface area (Å²) in [6.45, 7) is 2.73. The molecule has 0 saturated carbocycles. The number of nitrogens with one attached hydrogen (secondary N) is 1. The number of aromatic nitrogens is 1. The van der Waals surface area contributed by atoms with Crippen molar-refractivity contribution >= 4 is 17.3 Å². The molecule has 0 unspecified atom stereocenters. The van der Waals surface area contributed by atoms with E-state index in [-0.39, 0.29) is 0 Å². The standard InChI is InChI=1S/C14H12ClN3/c1-10-8-17-5-4-12(10)9-18-13-3-2-11(7-16)14(15)6-13/h2-6,8,18H,9H2,1H3. The van der Waals surface area contributed by atoms with Crippen molar-refractivity contribution in [3.05, 3.63) is 58.4 Å². The van der Waals surface area contributed by atoms with Crippen molar-refractivity contribution in [2.24, 2.45) is 0 Å². The molecule has 2 rings (SSSR count). The van der Waals surface area contributed by atoms with E-state index in [1.54, 1.807) is 18.3 Å². The largest absolute Gasteiger partial charge is 0.381 e. The fraction of sp³-hybridized carbons (Fsp3) is 0.143. The highest BCUT2D eigenvalue weighted by Crippen LogP contribution is 2.20. The maximum Gasteiger partial charge on any atom is 0.101 e. The van der Waals surface area contributed by atoms with Crippen LogP contribution in [0.4, 0.5) is 5.69 Å². The van der Waals surface area contributed by atoms with Gasteiger partial charge in [0.2, 0.25) is 0 Å². The van der Waals surface area contributed by atoms with E-state index in [0.717, 1.165) is 11.3 Å². The third kappa shape index (κ3) is 2.79. The Kier molecular flexibility index (Phi) is 3.81. The van der Waals surface area contributed by atoms with Gasteiger partial charge in [0.15, 0.2) is 0 Å². The van der Waals surface area contributed by atoms with Crippen molar-refractivity contribution in [2.45, 2.75) is 13.5 Å². The van der Waals surface area contributed by atoms with Crippen molar-refractivity contribution in [3.8, 4) is 6.07 Å². The number of anilines is 1. The molecule has 0 aliphatic carbocycles. The first kappa shape index (κ1) is 12.4. The Bertz CT molecular complexity index is 602. The van der Waals surface area contributed by atoms with Crippen LogP contribution < -0.4 is 5.32 Å². The van der Waals surface area contributed by atoms with E-state index in [4.69, 9.17) is 16.9 Å². The van der Waals surface area contributed by atoms with E-state index >= 15 is 0 Å². The van der Waals surface area contributed by atoms with Crippen LogP contribution in [0.1, 0.15) is 16.7 Å². The zero-order valence-corrected chi connectivity index (χ0v) is 10.7. The van der Waals surface area contributed by atoms with Crippen LogP contribution in [0.15, 0.2) is 36.7 Å². The van der Waals surface area contributed by atoms with Crippen molar-refractivity contribution in [1.29, 1.82) is 5.26 Å². The third-order valence-electron chi connectivity index (χ3n) is 2.71. The van der Waals surface area contributed by atoms with Crippen molar-refractivity contribution in [1.82, 2.24) is 4.98 Å². The first-order valence-corrected chi connectivity index (χ1v) is 5.91. The van der Waals surface area contributed by atoms with Gasteiger partial charge in [0, 0.05) is 24.6 Å². The summed E-state index contributed by atoms with van der Waals surface area (Å²) < 4.78 is 0. The second kappa shape index (κ2) is 5.52. The molecule has 1 aromatic carbocycles. The minimum Gasteiger partial charge on any atom is -0.381 e. The van der Waals surface area contributed by atoms with E-state index in [1.165, 1.54) is 5.56 Å². The lowest BCUT2D eigenvalue weighted by molar-refractivity contribution is 1.09. The molecule has 0 radical (unpaired) electrons. The lowest BCUT2D eigenvalue weighted by Gasteiger charge is -2.09. The Morgan fingerprint density at radius 2 is 2.22 bits per heavy atom. The highest BCUT2D eigenvalue weighted by atomic mass is 35.5. The number of benzene rings is 1. The highest BCUT2D eigenvalue weighted by Gasteiger charge is 2.02. The summed E-state index contributed by atoms with van der Waals surface area (Å²) >= 11 is 5.97. The number of rotatable bonds is 3. The monoisotopic (exact) mass is 257 g/mol. The summed E-state index contributed by atoms with van der Waals surface area (Å²) in [7, 11) is 0. The van der Waals surface area contributed by atoms with Crippen LogP contribution in [0.2, 0.25) is 5.02 Å². The van der Waals surface area contributed by atoms with Crippen LogP contribution in [0.3, 0.4) is 0 Å². The number of nitrogens with zero attached hydrogens (tertiary/aromatic N) is 2. The molecule has 1 N–H and O–H groups in total. The van der Waals surface area contributed by atoms with E-state index in [9.17, 15) is 0 Å². The van der Waals surface area contributed by atoms with Gasteiger partial charge < -0.3 is 5.32 Å². The number of halogens is 1. The van der Waals surface area contributed by atoms with Gasteiger partial charge in [0.25, 0.3) is 0 Å². The molecule has 0 fully saturated rings. The van der Waals surface area contributed by atoms with Crippen LogP contribution in [-0.4, -0.2) is 4.98 Å². The maximum atomic E-state index is 8.79. The second-order valence-electron chi connectivity index (χ2n) is 3.96. The molecular formula is C14H12ClN3. The number of hydrogen-bond donors (Lipinski definition) is 1. The summed E-state index contributed by atoms with van der Waals surface area (Å²) in [4.78, 5) is 4.05. The van der Waals surface area contributed by atoms with Gasteiger partial charge in [-0.15, -0.1) is 0 Å². The normalized spacial score (nSPS) is 9.83. The summed E-state index contributed by atoms with van der Waals surface area (Å²) in [6.07, 6.45) is 3.61. The second-order valence-corrected chi connectivity index (χ2v) is 4.37. The Balaban J connectivity index is 2.10. The molecular weight excluding hydrogens is 246 g/mol. The molecule has 3 nitrogen and oxygen atoms in total. The molecule has 1 heterocycles.